The van der Waals surface area contributed by atoms with Crippen LogP contribution in [0.4, 0.5) is 10.1 Å². The molecule has 1 N–H and O–H groups in total. The van der Waals surface area contributed by atoms with Gasteiger partial charge in [-0.05, 0) is 61.0 Å². The molecule has 1 unspecified atom stereocenters. The Morgan fingerprint density at radius 1 is 1.30 bits per heavy atom. The topological polar surface area (TPSA) is 61.9 Å². The quantitative estimate of drug-likeness (QED) is 0.600. The number of thiocarbonyl (C=S) groups is 1. The predicted octanol–water partition coefficient (Wildman–Crippen LogP) is 3.14. The number of esters is 1. The molecule has 0 radical (unpaired) electrons. The van der Waals surface area contributed by atoms with Gasteiger partial charge in [-0.1, -0.05) is 18.2 Å². The van der Waals surface area contributed by atoms with Gasteiger partial charge in [-0.15, -0.1) is 0 Å². The summed E-state index contributed by atoms with van der Waals surface area (Å²) in [6, 6.07) is 11.4. The zero-order valence-corrected chi connectivity index (χ0v) is 17.4. The minimum atomic E-state index is -0.444. The summed E-state index contributed by atoms with van der Waals surface area (Å²) in [5.41, 5.74) is 2.77. The van der Waals surface area contributed by atoms with E-state index in [9.17, 15) is 14.0 Å². The van der Waals surface area contributed by atoms with Gasteiger partial charge in [0.25, 0.3) is 0 Å². The maximum atomic E-state index is 13.9. The molecule has 1 atom stereocenters. The van der Waals surface area contributed by atoms with Crippen LogP contribution in [-0.4, -0.2) is 53.0 Å². The number of hydrogen-bond acceptors (Lipinski definition) is 4. The van der Waals surface area contributed by atoms with Gasteiger partial charge in [-0.25, -0.2) is 9.18 Å². The zero-order chi connectivity index (χ0) is 21.3. The molecule has 30 heavy (non-hydrogen) atoms. The predicted molar refractivity (Wildman–Crippen MR) is 115 cm³/mol. The van der Waals surface area contributed by atoms with E-state index in [1.54, 1.807) is 47.1 Å². The molecule has 2 aliphatic heterocycles. The van der Waals surface area contributed by atoms with Gasteiger partial charge in [0.05, 0.1) is 30.4 Å². The van der Waals surface area contributed by atoms with Gasteiger partial charge in [0.2, 0.25) is 5.91 Å². The van der Waals surface area contributed by atoms with Crippen LogP contribution < -0.4 is 5.32 Å². The zero-order valence-electron chi connectivity index (χ0n) is 16.6. The Morgan fingerprint density at radius 3 is 2.90 bits per heavy atom. The van der Waals surface area contributed by atoms with E-state index in [2.05, 4.69) is 5.32 Å². The third-order valence-corrected chi connectivity index (χ3v) is 5.82. The number of nitrogens with zero attached hydrogens (tertiary/aromatic N) is 2. The van der Waals surface area contributed by atoms with Crippen molar-refractivity contribution < 1.29 is 18.7 Å². The number of rotatable bonds is 3. The highest BCUT2D eigenvalue weighted by molar-refractivity contribution is 7.80. The molecule has 4 rings (SSSR count). The fourth-order valence-electron chi connectivity index (χ4n) is 4.02. The molecule has 6 nitrogen and oxygen atoms in total. The Hall–Kier alpha value is -3.00. The van der Waals surface area contributed by atoms with Crippen LogP contribution in [0.15, 0.2) is 42.5 Å². The number of piperazine rings is 1. The summed E-state index contributed by atoms with van der Waals surface area (Å²) in [5, 5.41) is 3.42. The van der Waals surface area contributed by atoms with Gasteiger partial charge >= 0.3 is 5.97 Å². The van der Waals surface area contributed by atoms with Crippen LogP contribution >= 0.6 is 12.2 Å². The first kappa shape index (κ1) is 20.3. The lowest BCUT2D eigenvalue weighted by atomic mass is 9.90. The van der Waals surface area contributed by atoms with Crippen molar-refractivity contribution >= 4 is 34.9 Å². The molecule has 0 aromatic heterocycles. The minimum Gasteiger partial charge on any atom is -0.462 e. The summed E-state index contributed by atoms with van der Waals surface area (Å²) >= 11 is 5.56. The second kappa shape index (κ2) is 8.39. The van der Waals surface area contributed by atoms with E-state index in [0.29, 0.717) is 35.9 Å². The molecular weight excluding hydrogens is 405 g/mol. The number of nitrogens with one attached hydrogen (secondary N) is 1. The Labute approximate surface area is 179 Å². The largest absolute Gasteiger partial charge is 0.462 e. The first-order chi connectivity index (χ1) is 14.5. The second-order valence-electron chi connectivity index (χ2n) is 7.27. The molecule has 0 aliphatic carbocycles. The molecule has 1 fully saturated rings. The van der Waals surface area contributed by atoms with Crippen molar-refractivity contribution in [1.82, 2.24) is 9.80 Å². The van der Waals surface area contributed by atoms with Crippen LogP contribution in [0, 0.1) is 5.82 Å². The summed E-state index contributed by atoms with van der Waals surface area (Å²) in [5.74, 6) is -0.811. The molecule has 2 heterocycles. The van der Waals surface area contributed by atoms with Crippen molar-refractivity contribution in [2.24, 2.45) is 0 Å². The van der Waals surface area contributed by atoms with Crippen molar-refractivity contribution in [2.45, 2.75) is 19.4 Å². The molecule has 0 spiro atoms. The lowest BCUT2D eigenvalue weighted by Crippen LogP contribution is -2.56. The van der Waals surface area contributed by atoms with Crippen LogP contribution in [0.5, 0.6) is 0 Å². The van der Waals surface area contributed by atoms with E-state index < -0.39 is 5.97 Å². The Kier molecular flexibility index (Phi) is 5.67. The lowest BCUT2D eigenvalue weighted by Gasteiger charge is -2.45. The summed E-state index contributed by atoms with van der Waals surface area (Å²) in [6.45, 7) is 3.21. The van der Waals surface area contributed by atoms with E-state index >= 15 is 0 Å². The van der Waals surface area contributed by atoms with Crippen molar-refractivity contribution in [3.05, 3.63) is 65.0 Å². The number of anilines is 1. The maximum Gasteiger partial charge on any atom is 0.340 e. The normalized spacial score (nSPS) is 17.8. The number of amides is 1. The van der Waals surface area contributed by atoms with Crippen molar-refractivity contribution in [2.75, 3.05) is 31.6 Å². The van der Waals surface area contributed by atoms with E-state index in [1.165, 1.54) is 12.1 Å². The highest BCUT2D eigenvalue weighted by Gasteiger charge is 2.38. The SMILES string of the molecule is CCOC(=O)c1ccccc1NC(=S)N1CC(=O)N2CCc3ccc(F)cc3C2C1. The number of ether oxygens (including phenoxy) is 1. The van der Waals surface area contributed by atoms with Gasteiger partial charge in [0, 0.05) is 13.1 Å². The van der Waals surface area contributed by atoms with Crippen LogP contribution in [0.25, 0.3) is 0 Å². The molecule has 0 saturated carbocycles. The highest BCUT2D eigenvalue weighted by atomic mass is 32.1. The first-order valence-corrected chi connectivity index (χ1v) is 10.3. The number of halogens is 1. The van der Waals surface area contributed by atoms with Gasteiger partial charge in [0.1, 0.15) is 5.82 Å². The van der Waals surface area contributed by atoms with Gasteiger partial charge < -0.3 is 19.9 Å². The molecule has 2 aromatic rings. The van der Waals surface area contributed by atoms with E-state index in [1.807, 2.05) is 0 Å². The van der Waals surface area contributed by atoms with Crippen LogP contribution in [0.1, 0.15) is 34.5 Å². The molecule has 156 valence electrons. The number of hydrogen-bond donors (Lipinski definition) is 1. The molecule has 0 bridgehead atoms. The highest BCUT2D eigenvalue weighted by Crippen LogP contribution is 2.34. The standard InChI is InChI=1S/C22H22FN3O3S/c1-2-29-21(28)16-5-3-4-6-18(16)24-22(30)25-12-19-17-11-15(23)8-7-14(17)9-10-26(19)20(27)13-25/h3-8,11,19H,2,9-10,12-13H2,1H3,(H,24,30). The van der Waals surface area contributed by atoms with Crippen LogP contribution in [0.3, 0.4) is 0 Å². The molecule has 2 aliphatic rings. The van der Waals surface area contributed by atoms with Gasteiger partial charge in [-0.2, -0.15) is 0 Å². The average Bonchev–Trinajstić information content (AvgIpc) is 2.74. The number of para-hydroxylation sites is 1. The van der Waals surface area contributed by atoms with E-state index in [4.69, 9.17) is 17.0 Å². The summed E-state index contributed by atoms with van der Waals surface area (Å²) in [4.78, 5) is 28.6. The van der Waals surface area contributed by atoms with Crippen molar-refractivity contribution in [1.29, 1.82) is 0 Å². The monoisotopic (exact) mass is 427 g/mol. The molecule has 8 heteroatoms. The number of carbonyl (C=O) groups excluding carboxylic acids is 2. The Morgan fingerprint density at radius 2 is 2.10 bits per heavy atom. The maximum absolute atomic E-state index is 13.9. The Bertz CT molecular complexity index is 1010. The Balaban J connectivity index is 1.56. The smallest absolute Gasteiger partial charge is 0.340 e. The second-order valence-corrected chi connectivity index (χ2v) is 7.66. The molecule has 2 aromatic carbocycles. The van der Waals surface area contributed by atoms with Crippen LogP contribution in [0.2, 0.25) is 0 Å². The summed E-state index contributed by atoms with van der Waals surface area (Å²) in [6.07, 6.45) is 0.716. The van der Waals surface area contributed by atoms with Gasteiger partial charge in [-0.3, -0.25) is 4.79 Å². The van der Waals surface area contributed by atoms with Crippen molar-refractivity contribution in [3.8, 4) is 0 Å². The fourth-order valence-corrected chi connectivity index (χ4v) is 4.27. The summed E-state index contributed by atoms with van der Waals surface area (Å²) < 4.78 is 19.0. The average molecular weight is 428 g/mol. The lowest BCUT2D eigenvalue weighted by molar-refractivity contribution is -0.138. The van der Waals surface area contributed by atoms with E-state index in [-0.39, 0.29) is 30.9 Å². The first-order valence-electron chi connectivity index (χ1n) is 9.87. The molecule has 1 saturated heterocycles. The van der Waals surface area contributed by atoms with Gasteiger partial charge in [0.15, 0.2) is 5.11 Å². The summed E-state index contributed by atoms with van der Waals surface area (Å²) in [7, 11) is 0. The molecular formula is C22H22FN3O3S. The third-order valence-electron chi connectivity index (χ3n) is 5.46. The van der Waals surface area contributed by atoms with Crippen molar-refractivity contribution in [3.63, 3.8) is 0 Å². The number of carbonyl (C=O) groups is 2. The molecule has 1 amide bonds. The number of benzene rings is 2. The minimum absolute atomic E-state index is 0.0519. The third kappa shape index (κ3) is 3.87. The number of fused-ring (bicyclic) bond motifs is 3. The fraction of sp³-hybridized carbons (Fsp3) is 0.318. The van der Waals surface area contributed by atoms with Crippen LogP contribution in [-0.2, 0) is 16.0 Å². The van der Waals surface area contributed by atoms with E-state index in [0.717, 1.165) is 11.1 Å².